The first-order chi connectivity index (χ1) is 11.1. The van der Waals surface area contributed by atoms with Gasteiger partial charge in [0, 0.05) is 6.42 Å². The molecule has 2 aromatic rings. The number of nitrogens with one attached hydrogen (secondary N) is 1. The molecule has 2 aromatic carbocycles. The van der Waals surface area contributed by atoms with Gasteiger partial charge in [0.2, 0.25) is 11.8 Å². The molecular formula is C18H20N2O3. The first kappa shape index (κ1) is 16.5. The second kappa shape index (κ2) is 7.98. The molecule has 0 aliphatic rings. The number of carbonyl (C=O) groups excluding carboxylic acids is 2. The van der Waals surface area contributed by atoms with Crippen molar-refractivity contribution in [2.45, 2.75) is 18.9 Å². The maximum atomic E-state index is 12.1. The van der Waals surface area contributed by atoms with Crippen LogP contribution in [0.3, 0.4) is 0 Å². The molecule has 5 nitrogen and oxygen atoms in total. The molecule has 0 bridgehead atoms. The predicted molar refractivity (Wildman–Crippen MR) is 88.0 cm³/mol. The fraction of sp³-hybridized carbons (Fsp3) is 0.222. The van der Waals surface area contributed by atoms with Crippen LogP contribution in [-0.4, -0.2) is 25.0 Å². The van der Waals surface area contributed by atoms with Gasteiger partial charge >= 0.3 is 0 Å². The average molecular weight is 312 g/mol. The van der Waals surface area contributed by atoms with Crippen molar-refractivity contribution in [3.8, 4) is 5.75 Å². The molecule has 0 aliphatic heterocycles. The minimum Gasteiger partial charge on any atom is -0.497 e. The van der Waals surface area contributed by atoms with Crippen LogP contribution in [0.1, 0.15) is 11.1 Å². The molecule has 3 N–H and O–H groups in total. The zero-order valence-corrected chi connectivity index (χ0v) is 13.0. The number of benzene rings is 2. The Hall–Kier alpha value is -2.82. The third-order valence-corrected chi connectivity index (χ3v) is 3.46. The summed E-state index contributed by atoms with van der Waals surface area (Å²) in [7, 11) is 1.58. The number of carbonyl (C=O) groups is 2. The van der Waals surface area contributed by atoms with E-state index in [9.17, 15) is 9.59 Å². The smallest absolute Gasteiger partial charge is 0.240 e. The van der Waals surface area contributed by atoms with Crippen LogP contribution in [0.25, 0.3) is 0 Å². The van der Waals surface area contributed by atoms with Crippen molar-refractivity contribution >= 4 is 11.8 Å². The second-order valence-electron chi connectivity index (χ2n) is 5.24. The van der Waals surface area contributed by atoms with Crippen molar-refractivity contribution < 1.29 is 14.3 Å². The van der Waals surface area contributed by atoms with Gasteiger partial charge in [-0.15, -0.1) is 0 Å². The van der Waals surface area contributed by atoms with Crippen LogP contribution < -0.4 is 15.8 Å². The summed E-state index contributed by atoms with van der Waals surface area (Å²) in [5.41, 5.74) is 7.16. The van der Waals surface area contributed by atoms with E-state index in [2.05, 4.69) is 5.32 Å². The first-order valence-corrected chi connectivity index (χ1v) is 7.34. The van der Waals surface area contributed by atoms with E-state index < -0.39 is 11.9 Å². The standard InChI is InChI=1S/C18H20N2O3/c1-23-15-9-5-8-14(10-15)11-16(18(19)22)20-17(21)12-13-6-3-2-4-7-13/h2-10,16H,11-12H2,1H3,(H2,19,22)(H,20,21)/t16-/m1/s1. The van der Waals surface area contributed by atoms with Gasteiger partial charge in [-0.1, -0.05) is 42.5 Å². The molecule has 5 heteroatoms. The Morgan fingerprint density at radius 1 is 1.09 bits per heavy atom. The molecule has 0 heterocycles. The van der Waals surface area contributed by atoms with Gasteiger partial charge in [-0.05, 0) is 23.3 Å². The monoisotopic (exact) mass is 312 g/mol. The third-order valence-electron chi connectivity index (χ3n) is 3.46. The summed E-state index contributed by atoms with van der Waals surface area (Å²) in [5.74, 6) is -0.0986. The van der Waals surface area contributed by atoms with Crippen molar-refractivity contribution in [3.63, 3.8) is 0 Å². The van der Waals surface area contributed by atoms with Crippen molar-refractivity contribution in [3.05, 3.63) is 65.7 Å². The number of amides is 2. The van der Waals surface area contributed by atoms with E-state index in [0.717, 1.165) is 11.1 Å². The SMILES string of the molecule is COc1cccc(C[C@@H](NC(=O)Cc2ccccc2)C(N)=O)c1. The molecule has 0 spiro atoms. The molecular weight excluding hydrogens is 292 g/mol. The van der Waals surface area contributed by atoms with E-state index >= 15 is 0 Å². The molecule has 0 aliphatic carbocycles. The maximum Gasteiger partial charge on any atom is 0.240 e. The van der Waals surface area contributed by atoms with Gasteiger partial charge in [-0.25, -0.2) is 0 Å². The zero-order valence-electron chi connectivity index (χ0n) is 13.0. The molecule has 0 aromatic heterocycles. The first-order valence-electron chi connectivity index (χ1n) is 7.34. The predicted octanol–water partition coefficient (Wildman–Crippen LogP) is 1.45. The highest BCUT2D eigenvalue weighted by Crippen LogP contribution is 2.14. The van der Waals surface area contributed by atoms with Crippen LogP contribution in [0.5, 0.6) is 5.75 Å². The molecule has 0 saturated heterocycles. The van der Waals surface area contributed by atoms with Gasteiger partial charge in [0.15, 0.2) is 0 Å². The normalized spacial score (nSPS) is 11.5. The number of hydrogen-bond acceptors (Lipinski definition) is 3. The second-order valence-corrected chi connectivity index (χ2v) is 5.24. The Kier molecular flexibility index (Phi) is 5.74. The van der Waals surface area contributed by atoms with Gasteiger partial charge < -0.3 is 15.8 Å². The van der Waals surface area contributed by atoms with Gasteiger partial charge in [0.1, 0.15) is 11.8 Å². The molecule has 23 heavy (non-hydrogen) atoms. The number of methoxy groups -OCH3 is 1. The van der Waals surface area contributed by atoms with Crippen molar-refractivity contribution in [2.75, 3.05) is 7.11 Å². The fourth-order valence-electron chi connectivity index (χ4n) is 2.28. The Bertz CT molecular complexity index is 671. The topological polar surface area (TPSA) is 81.4 Å². The number of hydrogen-bond donors (Lipinski definition) is 2. The van der Waals surface area contributed by atoms with Gasteiger partial charge in [-0.3, -0.25) is 9.59 Å². The number of primary amides is 1. The highest BCUT2D eigenvalue weighted by Gasteiger charge is 2.19. The van der Waals surface area contributed by atoms with E-state index in [1.165, 1.54) is 0 Å². The fourth-order valence-corrected chi connectivity index (χ4v) is 2.28. The lowest BCUT2D eigenvalue weighted by Gasteiger charge is -2.16. The quantitative estimate of drug-likeness (QED) is 0.812. The summed E-state index contributed by atoms with van der Waals surface area (Å²) in [6, 6.07) is 15.9. The molecule has 1 atom stereocenters. The summed E-state index contributed by atoms with van der Waals surface area (Å²) in [6.07, 6.45) is 0.537. The minimum absolute atomic E-state index is 0.211. The molecule has 120 valence electrons. The van der Waals surface area contributed by atoms with Crippen LogP contribution in [-0.2, 0) is 22.4 Å². The highest BCUT2D eigenvalue weighted by molar-refractivity contribution is 5.87. The van der Waals surface area contributed by atoms with Crippen molar-refractivity contribution in [1.29, 1.82) is 0 Å². The summed E-state index contributed by atoms with van der Waals surface area (Å²) < 4.78 is 5.15. The Morgan fingerprint density at radius 2 is 1.78 bits per heavy atom. The number of ether oxygens (including phenoxy) is 1. The summed E-state index contributed by atoms with van der Waals surface area (Å²) >= 11 is 0. The van der Waals surface area contributed by atoms with Crippen LogP contribution in [0.15, 0.2) is 54.6 Å². The van der Waals surface area contributed by atoms with Crippen LogP contribution in [0.2, 0.25) is 0 Å². The van der Waals surface area contributed by atoms with E-state index in [1.807, 2.05) is 54.6 Å². The molecule has 2 rings (SSSR count). The van der Waals surface area contributed by atoms with Crippen LogP contribution >= 0.6 is 0 Å². The molecule has 0 radical (unpaired) electrons. The average Bonchev–Trinajstić information content (AvgIpc) is 2.55. The Balaban J connectivity index is 2.00. The zero-order chi connectivity index (χ0) is 16.7. The largest absolute Gasteiger partial charge is 0.497 e. The van der Waals surface area contributed by atoms with Crippen LogP contribution in [0.4, 0.5) is 0 Å². The van der Waals surface area contributed by atoms with E-state index in [4.69, 9.17) is 10.5 Å². The Morgan fingerprint density at radius 3 is 2.43 bits per heavy atom. The number of nitrogens with two attached hydrogens (primary N) is 1. The molecule has 0 unspecified atom stereocenters. The van der Waals surface area contributed by atoms with Gasteiger partial charge in [0.25, 0.3) is 0 Å². The van der Waals surface area contributed by atoms with E-state index in [0.29, 0.717) is 12.2 Å². The van der Waals surface area contributed by atoms with Gasteiger partial charge in [0.05, 0.1) is 13.5 Å². The lowest BCUT2D eigenvalue weighted by atomic mass is 10.0. The third kappa shape index (κ3) is 5.14. The highest BCUT2D eigenvalue weighted by atomic mass is 16.5. The van der Waals surface area contributed by atoms with Crippen molar-refractivity contribution in [2.24, 2.45) is 5.73 Å². The molecule has 0 saturated carbocycles. The minimum atomic E-state index is -0.752. The maximum absolute atomic E-state index is 12.1. The summed E-state index contributed by atoms with van der Waals surface area (Å²) in [6.45, 7) is 0. The van der Waals surface area contributed by atoms with Gasteiger partial charge in [-0.2, -0.15) is 0 Å². The van der Waals surface area contributed by atoms with E-state index in [-0.39, 0.29) is 12.3 Å². The summed E-state index contributed by atoms with van der Waals surface area (Å²) in [5, 5.41) is 2.70. The lowest BCUT2D eigenvalue weighted by Crippen LogP contribution is -2.46. The molecule has 0 fully saturated rings. The molecule has 2 amide bonds. The Labute approximate surface area is 135 Å². The number of rotatable bonds is 7. The van der Waals surface area contributed by atoms with Crippen molar-refractivity contribution in [1.82, 2.24) is 5.32 Å². The lowest BCUT2D eigenvalue weighted by molar-refractivity contribution is -0.127. The van der Waals surface area contributed by atoms with E-state index in [1.54, 1.807) is 7.11 Å². The van der Waals surface area contributed by atoms with Crippen LogP contribution in [0, 0.1) is 0 Å². The summed E-state index contributed by atoms with van der Waals surface area (Å²) in [4.78, 5) is 23.7.